The lowest BCUT2D eigenvalue weighted by molar-refractivity contribution is 0.298. The molecule has 0 fully saturated rings. The Morgan fingerprint density at radius 1 is 0.613 bits per heavy atom. The van der Waals surface area contributed by atoms with Gasteiger partial charge in [0.15, 0.2) is 0 Å². The van der Waals surface area contributed by atoms with Crippen LogP contribution in [0, 0.1) is 0 Å². The molecule has 0 aliphatic carbocycles. The van der Waals surface area contributed by atoms with E-state index in [4.69, 9.17) is 9.47 Å². The van der Waals surface area contributed by atoms with Crippen molar-refractivity contribution >= 4 is 12.6 Å². The molecule has 31 heavy (non-hydrogen) atoms. The molecule has 0 aromatic heterocycles. The highest BCUT2D eigenvalue weighted by Crippen LogP contribution is 2.34. The molecule has 0 saturated carbocycles. The van der Waals surface area contributed by atoms with Crippen molar-refractivity contribution in [2.75, 3.05) is 0 Å². The van der Waals surface area contributed by atoms with Gasteiger partial charge in [-0.05, 0) is 40.4 Å². The Bertz CT molecular complexity index is 1100. The van der Waals surface area contributed by atoms with Crippen molar-refractivity contribution in [3.63, 3.8) is 0 Å². The van der Waals surface area contributed by atoms with Crippen molar-refractivity contribution in [1.82, 2.24) is 0 Å². The van der Waals surface area contributed by atoms with Gasteiger partial charge in [-0.25, -0.2) is 0 Å². The Kier molecular flexibility index (Phi) is 6.67. The summed E-state index contributed by atoms with van der Waals surface area (Å²) in [5, 5.41) is 18.8. The maximum absolute atomic E-state index is 9.38. The van der Waals surface area contributed by atoms with Gasteiger partial charge in [-0.15, -0.1) is 0 Å². The lowest BCUT2D eigenvalue weighted by Gasteiger charge is -2.15. The fraction of sp³-hybridized carbons (Fsp3) is 0.0769. The maximum Gasteiger partial charge on any atom is 0.488 e. The number of hydrogen-bond acceptors (Lipinski definition) is 4. The van der Waals surface area contributed by atoms with Crippen molar-refractivity contribution < 1.29 is 19.5 Å². The molecular formula is C26H23BO4. The van der Waals surface area contributed by atoms with Gasteiger partial charge in [-0.2, -0.15) is 0 Å². The van der Waals surface area contributed by atoms with Crippen LogP contribution in [0.1, 0.15) is 11.1 Å². The van der Waals surface area contributed by atoms with E-state index >= 15 is 0 Å². The Morgan fingerprint density at radius 2 is 1.19 bits per heavy atom. The average molecular weight is 410 g/mol. The summed E-state index contributed by atoms with van der Waals surface area (Å²) in [4.78, 5) is 0. The van der Waals surface area contributed by atoms with Gasteiger partial charge in [0.05, 0.1) is 0 Å². The Hall–Kier alpha value is -3.54. The zero-order chi connectivity index (χ0) is 21.5. The molecular weight excluding hydrogens is 387 g/mol. The van der Waals surface area contributed by atoms with Crippen LogP contribution in [-0.2, 0) is 13.2 Å². The summed E-state index contributed by atoms with van der Waals surface area (Å²) in [6.07, 6.45) is 0. The molecule has 2 N–H and O–H groups in total. The lowest BCUT2D eigenvalue weighted by atomic mass is 9.80. The fourth-order valence-corrected chi connectivity index (χ4v) is 3.26. The van der Waals surface area contributed by atoms with Crippen LogP contribution < -0.4 is 14.9 Å². The zero-order valence-electron chi connectivity index (χ0n) is 17.0. The summed E-state index contributed by atoms with van der Waals surface area (Å²) in [7, 11) is -1.50. The molecule has 0 unspecified atom stereocenters. The normalized spacial score (nSPS) is 10.5. The standard InChI is InChI=1S/C26H23BO4/c28-27(29)23-13-11-22(12-14-23)25-17-24(30-18-20-7-3-1-4-8-20)15-16-26(25)31-19-21-9-5-2-6-10-21/h1-17,28-29H,18-19H2. The fourth-order valence-electron chi connectivity index (χ4n) is 3.26. The number of rotatable bonds is 8. The van der Waals surface area contributed by atoms with E-state index < -0.39 is 7.12 Å². The minimum absolute atomic E-state index is 0.437. The predicted octanol–water partition coefficient (Wildman–Crippen LogP) is 4.19. The third-order valence-corrected chi connectivity index (χ3v) is 4.96. The maximum atomic E-state index is 9.38. The monoisotopic (exact) mass is 410 g/mol. The van der Waals surface area contributed by atoms with Crippen LogP contribution >= 0.6 is 0 Å². The number of benzene rings is 4. The van der Waals surface area contributed by atoms with Crippen LogP contribution in [0.25, 0.3) is 11.1 Å². The minimum Gasteiger partial charge on any atom is -0.489 e. The first kappa shape index (κ1) is 20.7. The van der Waals surface area contributed by atoms with Crippen molar-refractivity contribution in [2.45, 2.75) is 13.2 Å². The molecule has 4 rings (SSSR count). The summed E-state index contributed by atoms with van der Waals surface area (Å²) < 4.78 is 12.1. The van der Waals surface area contributed by atoms with E-state index in [1.54, 1.807) is 12.1 Å². The molecule has 0 aliphatic heterocycles. The second kappa shape index (κ2) is 9.98. The van der Waals surface area contributed by atoms with Crippen LogP contribution in [0.2, 0.25) is 0 Å². The van der Waals surface area contributed by atoms with E-state index in [9.17, 15) is 10.0 Å². The zero-order valence-corrected chi connectivity index (χ0v) is 17.0. The first-order valence-electron chi connectivity index (χ1n) is 10.1. The summed E-state index contributed by atoms with van der Waals surface area (Å²) >= 11 is 0. The molecule has 154 valence electrons. The SMILES string of the molecule is OB(O)c1ccc(-c2cc(OCc3ccccc3)ccc2OCc2ccccc2)cc1. The van der Waals surface area contributed by atoms with Gasteiger partial charge in [-0.1, -0.05) is 84.9 Å². The van der Waals surface area contributed by atoms with Crippen LogP contribution in [0.3, 0.4) is 0 Å². The summed E-state index contributed by atoms with van der Waals surface area (Å²) in [6, 6.07) is 32.8. The predicted molar refractivity (Wildman–Crippen MR) is 123 cm³/mol. The lowest BCUT2D eigenvalue weighted by Crippen LogP contribution is -2.29. The Balaban J connectivity index is 1.60. The van der Waals surface area contributed by atoms with E-state index in [-0.39, 0.29) is 0 Å². The second-order valence-corrected chi connectivity index (χ2v) is 7.20. The smallest absolute Gasteiger partial charge is 0.488 e. The number of ether oxygens (including phenoxy) is 2. The molecule has 0 spiro atoms. The third kappa shape index (κ3) is 5.54. The largest absolute Gasteiger partial charge is 0.489 e. The van der Waals surface area contributed by atoms with Crippen LogP contribution in [0.4, 0.5) is 0 Å². The molecule has 0 radical (unpaired) electrons. The van der Waals surface area contributed by atoms with Gasteiger partial charge in [0.25, 0.3) is 0 Å². The molecule has 0 aliphatic rings. The van der Waals surface area contributed by atoms with Crippen molar-refractivity contribution in [1.29, 1.82) is 0 Å². The third-order valence-electron chi connectivity index (χ3n) is 4.96. The van der Waals surface area contributed by atoms with Gasteiger partial charge < -0.3 is 19.5 Å². The van der Waals surface area contributed by atoms with Gasteiger partial charge in [-0.3, -0.25) is 0 Å². The van der Waals surface area contributed by atoms with Crippen LogP contribution in [-0.4, -0.2) is 17.2 Å². The van der Waals surface area contributed by atoms with Crippen molar-refractivity contribution in [2.24, 2.45) is 0 Å². The molecule has 0 saturated heterocycles. The van der Waals surface area contributed by atoms with Gasteiger partial charge in [0, 0.05) is 5.56 Å². The molecule has 4 aromatic rings. The molecule has 0 atom stereocenters. The molecule has 4 nitrogen and oxygen atoms in total. The van der Waals surface area contributed by atoms with Gasteiger partial charge in [0.2, 0.25) is 0 Å². The molecule has 0 bridgehead atoms. The molecule has 5 heteroatoms. The summed E-state index contributed by atoms with van der Waals surface area (Å²) in [6.45, 7) is 0.922. The van der Waals surface area contributed by atoms with Gasteiger partial charge >= 0.3 is 7.12 Å². The quantitative estimate of drug-likeness (QED) is 0.428. The summed E-state index contributed by atoms with van der Waals surface area (Å²) in [5.41, 5.74) is 4.39. The van der Waals surface area contributed by atoms with E-state index in [0.717, 1.165) is 33.8 Å². The van der Waals surface area contributed by atoms with Crippen molar-refractivity contribution in [3.8, 4) is 22.6 Å². The van der Waals surface area contributed by atoms with E-state index in [0.29, 0.717) is 18.7 Å². The summed E-state index contributed by atoms with van der Waals surface area (Å²) in [5.74, 6) is 1.46. The minimum atomic E-state index is -1.50. The van der Waals surface area contributed by atoms with E-state index in [1.165, 1.54) is 0 Å². The first-order chi connectivity index (χ1) is 15.2. The highest BCUT2D eigenvalue weighted by molar-refractivity contribution is 6.58. The first-order valence-corrected chi connectivity index (χ1v) is 10.1. The van der Waals surface area contributed by atoms with Crippen LogP contribution in [0.15, 0.2) is 103 Å². The Labute approximate surface area is 182 Å². The Morgan fingerprint density at radius 3 is 1.77 bits per heavy atom. The number of hydrogen-bond donors (Lipinski definition) is 2. The molecule has 4 aromatic carbocycles. The average Bonchev–Trinajstić information content (AvgIpc) is 2.83. The highest BCUT2D eigenvalue weighted by Gasteiger charge is 2.13. The van der Waals surface area contributed by atoms with Crippen molar-refractivity contribution in [3.05, 3.63) is 114 Å². The highest BCUT2D eigenvalue weighted by atomic mass is 16.5. The van der Waals surface area contributed by atoms with E-state index in [2.05, 4.69) is 0 Å². The topological polar surface area (TPSA) is 58.9 Å². The van der Waals surface area contributed by atoms with E-state index in [1.807, 2.05) is 91.0 Å². The second-order valence-electron chi connectivity index (χ2n) is 7.20. The molecule has 0 heterocycles. The molecule has 0 amide bonds. The van der Waals surface area contributed by atoms with Crippen LogP contribution in [0.5, 0.6) is 11.5 Å². The van der Waals surface area contributed by atoms with Gasteiger partial charge in [0.1, 0.15) is 24.7 Å².